The maximum Gasteiger partial charge on any atom is 0.411 e. The zero-order valence-corrected chi connectivity index (χ0v) is 14.2. The second-order valence-electron chi connectivity index (χ2n) is 7.57. The van der Waals surface area contributed by atoms with E-state index in [0.717, 1.165) is 38.5 Å². The molecule has 0 spiro atoms. The SMILES string of the molecule is CC(C)(C)OC(=O)N1C2C=C(CCCCCF)CC1CCC2. The molecule has 0 aromatic carbocycles. The summed E-state index contributed by atoms with van der Waals surface area (Å²) in [4.78, 5) is 14.4. The number of rotatable bonds is 5. The van der Waals surface area contributed by atoms with Crippen LogP contribution in [0.15, 0.2) is 11.6 Å². The number of hydrogen-bond acceptors (Lipinski definition) is 2. The van der Waals surface area contributed by atoms with Gasteiger partial charge in [0.05, 0.1) is 12.7 Å². The van der Waals surface area contributed by atoms with E-state index in [1.807, 2.05) is 25.7 Å². The summed E-state index contributed by atoms with van der Waals surface area (Å²) in [5.41, 5.74) is 1.01. The predicted octanol–water partition coefficient (Wildman–Crippen LogP) is 5.00. The second kappa shape index (κ2) is 7.47. The molecule has 126 valence electrons. The van der Waals surface area contributed by atoms with Crippen LogP contribution in [0.1, 0.15) is 72.1 Å². The van der Waals surface area contributed by atoms with Crippen molar-refractivity contribution in [1.82, 2.24) is 4.90 Å². The lowest BCUT2D eigenvalue weighted by molar-refractivity contribution is -0.00159. The van der Waals surface area contributed by atoms with Gasteiger partial charge < -0.3 is 4.74 Å². The minimum Gasteiger partial charge on any atom is -0.444 e. The van der Waals surface area contributed by atoms with E-state index in [4.69, 9.17) is 4.74 Å². The lowest BCUT2D eigenvalue weighted by Crippen LogP contribution is -2.53. The number of amides is 1. The third kappa shape index (κ3) is 4.72. The van der Waals surface area contributed by atoms with Crippen LogP contribution in [0.4, 0.5) is 9.18 Å². The van der Waals surface area contributed by atoms with Crippen molar-refractivity contribution in [1.29, 1.82) is 0 Å². The smallest absolute Gasteiger partial charge is 0.411 e. The van der Waals surface area contributed by atoms with Crippen LogP contribution in [0.2, 0.25) is 0 Å². The normalized spacial score (nSPS) is 24.9. The molecule has 3 nitrogen and oxygen atoms in total. The first-order chi connectivity index (χ1) is 10.4. The molecule has 2 aliphatic heterocycles. The Hall–Kier alpha value is -1.06. The van der Waals surface area contributed by atoms with Gasteiger partial charge >= 0.3 is 6.09 Å². The first-order valence-electron chi connectivity index (χ1n) is 8.67. The number of ether oxygens (including phenoxy) is 1. The van der Waals surface area contributed by atoms with Gasteiger partial charge in [0.1, 0.15) is 5.60 Å². The van der Waals surface area contributed by atoms with Gasteiger partial charge in [0.25, 0.3) is 0 Å². The fourth-order valence-corrected chi connectivity index (χ4v) is 3.53. The van der Waals surface area contributed by atoms with Crippen LogP contribution >= 0.6 is 0 Å². The number of carbonyl (C=O) groups excluding carboxylic acids is 1. The van der Waals surface area contributed by atoms with E-state index in [-0.39, 0.29) is 24.9 Å². The quantitative estimate of drug-likeness (QED) is 0.528. The highest BCUT2D eigenvalue weighted by Crippen LogP contribution is 2.35. The standard InChI is InChI=1S/C18H30FNO2/c1-18(2,3)22-17(21)20-15-9-7-10-16(20)13-14(12-15)8-5-4-6-11-19/h12,15-16H,4-11,13H2,1-3H3. The molecule has 2 unspecified atom stereocenters. The van der Waals surface area contributed by atoms with Crippen LogP contribution in [0.3, 0.4) is 0 Å². The van der Waals surface area contributed by atoms with E-state index in [0.29, 0.717) is 6.42 Å². The molecule has 2 bridgehead atoms. The lowest BCUT2D eigenvalue weighted by atomic mass is 9.84. The summed E-state index contributed by atoms with van der Waals surface area (Å²) in [6.07, 6.45) is 10.1. The van der Waals surface area contributed by atoms with Gasteiger partial charge in [0.2, 0.25) is 0 Å². The van der Waals surface area contributed by atoms with Crippen LogP contribution in [-0.4, -0.2) is 35.4 Å². The van der Waals surface area contributed by atoms with Crippen LogP contribution in [-0.2, 0) is 4.74 Å². The molecule has 1 amide bonds. The average molecular weight is 311 g/mol. The molecule has 0 radical (unpaired) electrons. The third-order valence-electron chi connectivity index (χ3n) is 4.45. The number of halogens is 1. The predicted molar refractivity (Wildman–Crippen MR) is 86.6 cm³/mol. The average Bonchev–Trinajstić information content (AvgIpc) is 2.40. The van der Waals surface area contributed by atoms with Gasteiger partial charge in [-0.05, 0) is 65.7 Å². The molecule has 0 aromatic heterocycles. The number of hydrogen-bond donors (Lipinski definition) is 0. The number of fused-ring (bicyclic) bond motifs is 2. The van der Waals surface area contributed by atoms with Gasteiger partial charge in [0.15, 0.2) is 0 Å². The van der Waals surface area contributed by atoms with Crippen molar-refractivity contribution in [3.05, 3.63) is 11.6 Å². The van der Waals surface area contributed by atoms with Crippen LogP contribution in [0, 0.1) is 0 Å². The maximum absolute atomic E-state index is 12.5. The van der Waals surface area contributed by atoms with E-state index in [2.05, 4.69) is 6.08 Å². The molecule has 1 saturated heterocycles. The molecule has 2 atom stereocenters. The number of nitrogens with zero attached hydrogens (tertiary/aromatic N) is 1. The van der Waals surface area contributed by atoms with Crippen molar-refractivity contribution in [3.63, 3.8) is 0 Å². The summed E-state index contributed by atoms with van der Waals surface area (Å²) in [5.74, 6) is 0. The van der Waals surface area contributed by atoms with Crippen molar-refractivity contribution in [2.24, 2.45) is 0 Å². The Morgan fingerprint density at radius 2 is 2.09 bits per heavy atom. The highest BCUT2D eigenvalue weighted by molar-refractivity contribution is 5.70. The Kier molecular flexibility index (Phi) is 5.87. The zero-order valence-electron chi connectivity index (χ0n) is 14.2. The minimum absolute atomic E-state index is 0.171. The monoisotopic (exact) mass is 311 g/mol. The van der Waals surface area contributed by atoms with E-state index in [1.54, 1.807) is 0 Å². The molecule has 2 heterocycles. The first kappa shape index (κ1) is 17.3. The summed E-state index contributed by atoms with van der Waals surface area (Å²) in [6, 6.07) is 0.480. The molecule has 0 aromatic rings. The van der Waals surface area contributed by atoms with Crippen LogP contribution in [0.25, 0.3) is 0 Å². The summed E-state index contributed by atoms with van der Waals surface area (Å²) < 4.78 is 17.7. The van der Waals surface area contributed by atoms with E-state index < -0.39 is 5.60 Å². The molecule has 22 heavy (non-hydrogen) atoms. The Bertz CT molecular complexity index is 414. The zero-order chi connectivity index (χ0) is 16.2. The second-order valence-corrected chi connectivity index (χ2v) is 7.57. The van der Waals surface area contributed by atoms with Crippen molar-refractivity contribution in [2.45, 2.75) is 89.8 Å². The highest BCUT2D eigenvalue weighted by atomic mass is 19.1. The Balaban J connectivity index is 1.97. The number of alkyl halides is 1. The highest BCUT2D eigenvalue weighted by Gasteiger charge is 2.38. The van der Waals surface area contributed by atoms with Crippen molar-refractivity contribution in [2.75, 3.05) is 6.67 Å². The molecular weight excluding hydrogens is 281 g/mol. The van der Waals surface area contributed by atoms with E-state index >= 15 is 0 Å². The van der Waals surface area contributed by atoms with Crippen molar-refractivity contribution < 1.29 is 13.9 Å². The largest absolute Gasteiger partial charge is 0.444 e. The summed E-state index contributed by atoms with van der Waals surface area (Å²) in [6.45, 7) is 5.53. The topological polar surface area (TPSA) is 29.5 Å². The fourth-order valence-electron chi connectivity index (χ4n) is 3.53. The number of carbonyl (C=O) groups is 1. The molecule has 0 aliphatic carbocycles. The van der Waals surface area contributed by atoms with E-state index in [1.165, 1.54) is 12.0 Å². The van der Waals surface area contributed by atoms with Gasteiger partial charge in [-0.25, -0.2) is 4.79 Å². The maximum atomic E-state index is 12.5. The number of unbranched alkanes of at least 4 members (excludes halogenated alkanes) is 2. The van der Waals surface area contributed by atoms with Crippen molar-refractivity contribution in [3.8, 4) is 0 Å². The van der Waals surface area contributed by atoms with Crippen LogP contribution in [0.5, 0.6) is 0 Å². The molecule has 0 N–H and O–H groups in total. The molecule has 2 aliphatic rings. The molecule has 0 saturated carbocycles. The third-order valence-corrected chi connectivity index (χ3v) is 4.45. The molecule has 4 heteroatoms. The summed E-state index contributed by atoms with van der Waals surface area (Å²) in [7, 11) is 0. The fraction of sp³-hybridized carbons (Fsp3) is 0.833. The molecular formula is C18H30FNO2. The number of piperidine rings is 1. The van der Waals surface area contributed by atoms with Crippen molar-refractivity contribution >= 4 is 6.09 Å². The lowest BCUT2D eigenvalue weighted by Gasteiger charge is -2.45. The van der Waals surface area contributed by atoms with Gasteiger partial charge in [0, 0.05) is 6.04 Å². The molecule has 1 fully saturated rings. The molecule has 2 rings (SSSR count). The van der Waals surface area contributed by atoms with Gasteiger partial charge in [-0.1, -0.05) is 18.1 Å². The Morgan fingerprint density at radius 3 is 2.73 bits per heavy atom. The summed E-state index contributed by atoms with van der Waals surface area (Å²) >= 11 is 0. The minimum atomic E-state index is -0.443. The Labute approximate surface area is 133 Å². The van der Waals surface area contributed by atoms with Crippen LogP contribution < -0.4 is 0 Å². The van der Waals surface area contributed by atoms with Gasteiger partial charge in [-0.15, -0.1) is 0 Å². The van der Waals surface area contributed by atoms with Gasteiger partial charge in [-0.2, -0.15) is 0 Å². The Morgan fingerprint density at radius 1 is 1.32 bits per heavy atom. The van der Waals surface area contributed by atoms with Gasteiger partial charge in [-0.3, -0.25) is 9.29 Å². The summed E-state index contributed by atoms with van der Waals surface area (Å²) in [5, 5.41) is 0. The van der Waals surface area contributed by atoms with E-state index in [9.17, 15) is 9.18 Å². The first-order valence-corrected chi connectivity index (χ1v) is 8.67.